The molecule has 0 radical (unpaired) electrons. The lowest BCUT2D eigenvalue weighted by Gasteiger charge is -2.22. The highest BCUT2D eigenvalue weighted by atomic mass is 16.6. The zero-order chi connectivity index (χ0) is 29.3. The van der Waals surface area contributed by atoms with Crippen molar-refractivity contribution < 1.29 is 29.3 Å². The van der Waals surface area contributed by atoms with Gasteiger partial charge in [-0.25, -0.2) is 14.7 Å². The van der Waals surface area contributed by atoms with Gasteiger partial charge in [0.25, 0.3) is 5.88 Å². The quantitative estimate of drug-likeness (QED) is 0.304. The number of hydrogen-bond acceptors (Lipinski definition) is 9. The highest BCUT2D eigenvalue weighted by Crippen LogP contribution is 2.36. The van der Waals surface area contributed by atoms with Gasteiger partial charge in [-0.15, -0.1) is 0 Å². The molecule has 5 rings (SSSR count). The highest BCUT2D eigenvalue weighted by Gasteiger charge is 2.45. The molecule has 12 nitrogen and oxygen atoms in total. The number of carbonyl (C=O) groups excluding carboxylic acids is 2. The topological polar surface area (TPSA) is 152 Å². The van der Waals surface area contributed by atoms with Crippen LogP contribution in [0.25, 0.3) is 11.2 Å². The molecule has 0 spiro atoms. The van der Waals surface area contributed by atoms with Crippen LogP contribution in [0.3, 0.4) is 0 Å². The molecule has 2 aromatic heterocycles. The standard InChI is InChI=1S/C29H32N6O6/c1-16(2)23-21(36)22(37)27(40-23)34-15-30-20-24(34)31-28(32-25(38)17(3)4)33-26(20)41-29(39)35(18-11-7-5-8-12-18)19-13-9-6-10-14-19/h5-17,21-23,27,36-37H,1-4H3,(H,31,32,33,38)/t21?,22-,23+,27+/m0/s1. The molecule has 0 aliphatic carbocycles. The van der Waals surface area contributed by atoms with E-state index in [2.05, 4.69) is 20.3 Å². The molecule has 41 heavy (non-hydrogen) atoms. The van der Waals surface area contributed by atoms with E-state index >= 15 is 0 Å². The van der Waals surface area contributed by atoms with Gasteiger partial charge in [-0.1, -0.05) is 64.1 Å². The van der Waals surface area contributed by atoms with E-state index in [1.807, 2.05) is 26.0 Å². The predicted molar refractivity (Wildman–Crippen MR) is 151 cm³/mol. The zero-order valence-corrected chi connectivity index (χ0v) is 23.1. The first-order chi connectivity index (χ1) is 19.7. The molecule has 1 unspecified atom stereocenters. The number of para-hydroxylation sites is 2. The van der Waals surface area contributed by atoms with Crippen molar-refractivity contribution in [2.75, 3.05) is 10.2 Å². The fourth-order valence-corrected chi connectivity index (χ4v) is 4.57. The number of carbonyl (C=O) groups is 2. The maximum atomic E-state index is 13.7. The van der Waals surface area contributed by atoms with E-state index in [-0.39, 0.29) is 40.7 Å². The summed E-state index contributed by atoms with van der Waals surface area (Å²) in [6.45, 7) is 7.18. The van der Waals surface area contributed by atoms with Gasteiger partial charge < -0.3 is 19.7 Å². The van der Waals surface area contributed by atoms with Crippen molar-refractivity contribution in [3.05, 3.63) is 67.0 Å². The monoisotopic (exact) mass is 560 g/mol. The van der Waals surface area contributed by atoms with Crippen molar-refractivity contribution in [2.24, 2.45) is 11.8 Å². The number of fused-ring (bicyclic) bond motifs is 1. The minimum Gasteiger partial charge on any atom is -0.388 e. The van der Waals surface area contributed by atoms with Gasteiger partial charge in [-0.05, 0) is 30.2 Å². The Morgan fingerprint density at radius 2 is 1.56 bits per heavy atom. The van der Waals surface area contributed by atoms with Gasteiger partial charge in [-0.2, -0.15) is 9.97 Å². The second kappa shape index (κ2) is 11.6. The fourth-order valence-electron chi connectivity index (χ4n) is 4.57. The zero-order valence-electron chi connectivity index (χ0n) is 23.1. The lowest BCUT2D eigenvalue weighted by atomic mass is 10.0. The van der Waals surface area contributed by atoms with Crippen LogP contribution in [0.4, 0.5) is 22.1 Å². The fraction of sp³-hybridized carbons (Fsp3) is 0.345. The molecular formula is C29H32N6O6. The number of hydrogen-bond donors (Lipinski definition) is 3. The van der Waals surface area contributed by atoms with Gasteiger partial charge in [0.15, 0.2) is 17.4 Å². The van der Waals surface area contributed by atoms with Crippen molar-refractivity contribution in [1.82, 2.24) is 19.5 Å². The van der Waals surface area contributed by atoms with Crippen LogP contribution in [0.1, 0.15) is 33.9 Å². The van der Waals surface area contributed by atoms with E-state index in [1.165, 1.54) is 15.8 Å². The van der Waals surface area contributed by atoms with Crippen LogP contribution in [0, 0.1) is 11.8 Å². The lowest BCUT2D eigenvalue weighted by molar-refractivity contribution is -0.118. The van der Waals surface area contributed by atoms with E-state index in [0.717, 1.165) is 0 Å². The first-order valence-corrected chi connectivity index (χ1v) is 13.3. The third-order valence-electron chi connectivity index (χ3n) is 6.75. The van der Waals surface area contributed by atoms with Gasteiger partial charge in [-0.3, -0.25) is 14.7 Å². The molecule has 2 amide bonds. The minimum absolute atomic E-state index is 0.0755. The molecule has 0 bridgehead atoms. The second-order valence-corrected chi connectivity index (χ2v) is 10.4. The van der Waals surface area contributed by atoms with Gasteiger partial charge in [0.2, 0.25) is 11.9 Å². The maximum absolute atomic E-state index is 13.7. The molecule has 2 aromatic carbocycles. The van der Waals surface area contributed by atoms with Crippen LogP contribution in [0.5, 0.6) is 5.88 Å². The molecule has 4 aromatic rings. The molecule has 3 heterocycles. The summed E-state index contributed by atoms with van der Waals surface area (Å²) in [5, 5.41) is 24.0. The summed E-state index contributed by atoms with van der Waals surface area (Å²) in [5.74, 6) is -1.13. The second-order valence-electron chi connectivity index (χ2n) is 10.4. The molecule has 12 heteroatoms. The van der Waals surface area contributed by atoms with Crippen LogP contribution in [0.2, 0.25) is 0 Å². The van der Waals surface area contributed by atoms with Crippen LogP contribution in [0.15, 0.2) is 67.0 Å². The smallest absolute Gasteiger partial charge is 0.388 e. The number of imidazole rings is 1. The molecule has 4 atom stereocenters. The Kier molecular flexibility index (Phi) is 7.97. The largest absolute Gasteiger partial charge is 0.425 e. The van der Waals surface area contributed by atoms with Crippen molar-refractivity contribution in [1.29, 1.82) is 0 Å². The number of ether oxygens (including phenoxy) is 2. The van der Waals surface area contributed by atoms with Crippen LogP contribution < -0.4 is 15.0 Å². The van der Waals surface area contributed by atoms with Gasteiger partial charge in [0.1, 0.15) is 12.2 Å². The van der Waals surface area contributed by atoms with E-state index in [9.17, 15) is 19.8 Å². The van der Waals surface area contributed by atoms with Crippen molar-refractivity contribution in [2.45, 2.75) is 52.2 Å². The summed E-state index contributed by atoms with van der Waals surface area (Å²) >= 11 is 0. The summed E-state index contributed by atoms with van der Waals surface area (Å²) < 4.78 is 13.2. The van der Waals surface area contributed by atoms with E-state index in [0.29, 0.717) is 11.4 Å². The molecule has 214 valence electrons. The van der Waals surface area contributed by atoms with Crippen molar-refractivity contribution >= 4 is 40.5 Å². The number of aliphatic hydroxyl groups is 2. The van der Waals surface area contributed by atoms with Crippen molar-refractivity contribution in [3.8, 4) is 5.88 Å². The Morgan fingerprint density at radius 1 is 0.951 bits per heavy atom. The number of nitrogens with one attached hydrogen (secondary N) is 1. The number of nitrogens with zero attached hydrogens (tertiary/aromatic N) is 5. The number of anilines is 3. The van der Waals surface area contributed by atoms with E-state index in [1.54, 1.807) is 62.4 Å². The Bertz CT molecular complexity index is 1490. The Hall–Kier alpha value is -4.39. The molecule has 1 aliphatic heterocycles. The van der Waals surface area contributed by atoms with E-state index < -0.39 is 30.6 Å². The summed E-state index contributed by atoms with van der Waals surface area (Å²) in [6, 6.07) is 17.9. The molecule has 1 fully saturated rings. The summed E-state index contributed by atoms with van der Waals surface area (Å²) in [7, 11) is 0. The first-order valence-electron chi connectivity index (χ1n) is 13.3. The van der Waals surface area contributed by atoms with Crippen LogP contribution in [-0.4, -0.2) is 60.0 Å². The number of rotatable bonds is 7. The Balaban J connectivity index is 1.57. The van der Waals surface area contributed by atoms with Gasteiger partial charge in [0.05, 0.1) is 23.8 Å². The molecule has 0 saturated carbocycles. The SMILES string of the molecule is CC(C)C(=O)Nc1nc(OC(=O)N(c2ccccc2)c2ccccc2)c2ncn([C@@H]3O[C@H](C(C)C)C(O)[C@@H]3O)c2n1. The number of aliphatic hydroxyl groups excluding tert-OH is 2. The van der Waals surface area contributed by atoms with Crippen molar-refractivity contribution in [3.63, 3.8) is 0 Å². The van der Waals surface area contributed by atoms with Crippen LogP contribution in [-0.2, 0) is 9.53 Å². The van der Waals surface area contributed by atoms with Gasteiger partial charge >= 0.3 is 6.09 Å². The predicted octanol–water partition coefficient (Wildman–Crippen LogP) is 4.03. The third-order valence-corrected chi connectivity index (χ3v) is 6.75. The average molecular weight is 561 g/mol. The summed E-state index contributed by atoms with van der Waals surface area (Å²) in [6.07, 6.45) is -3.48. The molecule has 3 N–H and O–H groups in total. The number of benzene rings is 2. The third kappa shape index (κ3) is 5.62. The van der Waals surface area contributed by atoms with E-state index in [4.69, 9.17) is 9.47 Å². The molecule has 1 aliphatic rings. The Morgan fingerprint density at radius 3 is 2.10 bits per heavy atom. The molecule has 1 saturated heterocycles. The lowest BCUT2D eigenvalue weighted by Crippen LogP contribution is -2.34. The summed E-state index contributed by atoms with van der Waals surface area (Å²) in [5.41, 5.74) is 1.35. The number of aromatic nitrogens is 4. The maximum Gasteiger partial charge on any atom is 0.425 e. The van der Waals surface area contributed by atoms with Crippen LogP contribution >= 0.6 is 0 Å². The number of amides is 2. The molecular weight excluding hydrogens is 528 g/mol. The average Bonchev–Trinajstić information content (AvgIpc) is 3.50. The normalized spacial score (nSPS) is 20.5. The minimum atomic E-state index is -1.28. The van der Waals surface area contributed by atoms with Gasteiger partial charge in [0, 0.05) is 5.92 Å². The Labute approximate surface area is 236 Å². The highest BCUT2D eigenvalue weighted by molar-refractivity contribution is 5.98. The summed E-state index contributed by atoms with van der Waals surface area (Å²) in [4.78, 5) is 40.7. The first kappa shape index (κ1) is 28.1.